The predicted molar refractivity (Wildman–Crippen MR) is 160 cm³/mol. The second-order valence-electron chi connectivity index (χ2n) is 10.6. The van der Waals surface area contributed by atoms with Crippen LogP contribution in [-0.4, -0.2) is 87.3 Å². The Morgan fingerprint density at radius 3 is 2.55 bits per heavy atom. The summed E-state index contributed by atoms with van der Waals surface area (Å²) in [5.41, 5.74) is 4.75. The van der Waals surface area contributed by atoms with Gasteiger partial charge in [0.2, 0.25) is 0 Å². The van der Waals surface area contributed by atoms with Crippen LogP contribution in [0.5, 0.6) is 5.75 Å². The van der Waals surface area contributed by atoms with E-state index >= 15 is 0 Å². The zero-order valence-electron chi connectivity index (χ0n) is 23.0. The standard InChI is InChI=1S/C31H34ClN5O3/c1-35(2)13-5-12-33-25-20-26(29-28-27(25)30(38)23-6-3-4-7-24(23)31(28)40-34-29)37-16-14-36(15-17-37)18-19-39-22-10-8-21(32)9-11-22/h3-4,6-11,20,33H,5,12-19H2,1-2H3. The van der Waals surface area contributed by atoms with Crippen LogP contribution in [0.3, 0.4) is 0 Å². The van der Waals surface area contributed by atoms with Crippen LogP contribution in [0.2, 0.25) is 5.02 Å². The molecule has 1 N–H and O–H groups in total. The Balaban J connectivity index is 1.22. The highest BCUT2D eigenvalue weighted by molar-refractivity contribution is 6.30. The highest BCUT2D eigenvalue weighted by Crippen LogP contribution is 2.45. The summed E-state index contributed by atoms with van der Waals surface area (Å²) < 4.78 is 11.8. The molecule has 0 saturated carbocycles. The molecule has 1 aromatic heterocycles. The number of ether oxygens (including phenoxy) is 1. The van der Waals surface area contributed by atoms with Gasteiger partial charge in [0.15, 0.2) is 11.5 Å². The lowest BCUT2D eigenvalue weighted by atomic mass is 9.86. The molecule has 0 atom stereocenters. The van der Waals surface area contributed by atoms with Gasteiger partial charge in [-0.25, -0.2) is 0 Å². The van der Waals surface area contributed by atoms with E-state index in [9.17, 15) is 4.79 Å². The number of aromatic nitrogens is 1. The number of ketones is 1. The molecule has 9 heteroatoms. The maximum Gasteiger partial charge on any atom is 0.196 e. The molecule has 0 unspecified atom stereocenters. The Morgan fingerprint density at radius 1 is 1.05 bits per heavy atom. The lowest BCUT2D eigenvalue weighted by Crippen LogP contribution is -2.47. The molecule has 4 aromatic rings. The smallest absolute Gasteiger partial charge is 0.196 e. The Kier molecular flexibility index (Phi) is 7.65. The lowest BCUT2D eigenvalue weighted by Gasteiger charge is -2.36. The van der Waals surface area contributed by atoms with Crippen LogP contribution in [0.15, 0.2) is 59.1 Å². The SMILES string of the molecule is CN(C)CCCNc1cc(N2CCN(CCOc3ccc(Cl)cc3)CC2)c2noc3c2c1C(=O)c1ccccc1-3. The highest BCUT2D eigenvalue weighted by Gasteiger charge is 2.34. The highest BCUT2D eigenvalue weighted by atomic mass is 35.5. The maximum absolute atomic E-state index is 13.7. The summed E-state index contributed by atoms with van der Waals surface area (Å²) in [5, 5.41) is 9.62. The molecule has 1 aliphatic carbocycles. The first-order valence-corrected chi connectivity index (χ1v) is 14.2. The van der Waals surface area contributed by atoms with Gasteiger partial charge in [-0.1, -0.05) is 41.0 Å². The average molecular weight is 560 g/mol. The third-order valence-electron chi connectivity index (χ3n) is 7.68. The van der Waals surface area contributed by atoms with Crippen molar-refractivity contribution in [3.8, 4) is 17.1 Å². The van der Waals surface area contributed by atoms with E-state index in [-0.39, 0.29) is 5.78 Å². The van der Waals surface area contributed by atoms with Crippen molar-refractivity contribution < 1.29 is 14.1 Å². The van der Waals surface area contributed by atoms with Crippen molar-refractivity contribution in [2.45, 2.75) is 6.42 Å². The van der Waals surface area contributed by atoms with Crippen LogP contribution >= 0.6 is 11.6 Å². The first-order valence-electron chi connectivity index (χ1n) is 13.8. The first-order chi connectivity index (χ1) is 19.5. The fourth-order valence-electron chi connectivity index (χ4n) is 5.58. The van der Waals surface area contributed by atoms with Gasteiger partial charge in [0.05, 0.1) is 16.6 Å². The minimum absolute atomic E-state index is 0.0171. The number of piperazine rings is 1. The normalized spacial score (nSPS) is 15.1. The molecular weight excluding hydrogens is 526 g/mol. The summed E-state index contributed by atoms with van der Waals surface area (Å²) >= 11 is 5.97. The van der Waals surface area contributed by atoms with Crippen molar-refractivity contribution in [1.82, 2.24) is 15.0 Å². The van der Waals surface area contributed by atoms with E-state index in [0.29, 0.717) is 28.5 Å². The molecule has 6 rings (SSSR count). The van der Waals surface area contributed by atoms with E-state index in [0.717, 1.165) is 85.8 Å². The Labute approximate surface area is 239 Å². The molecule has 3 aromatic carbocycles. The van der Waals surface area contributed by atoms with Gasteiger partial charge in [0.25, 0.3) is 0 Å². The monoisotopic (exact) mass is 559 g/mol. The van der Waals surface area contributed by atoms with Gasteiger partial charge in [-0.2, -0.15) is 0 Å². The number of halogens is 1. The van der Waals surface area contributed by atoms with Crippen molar-refractivity contribution in [3.63, 3.8) is 0 Å². The van der Waals surface area contributed by atoms with E-state index < -0.39 is 0 Å². The van der Waals surface area contributed by atoms with Gasteiger partial charge in [-0.15, -0.1) is 0 Å². The molecule has 1 saturated heterocycles. The van der Waals surface area contributed by atoms with Crippen molar-refractivity contribution in [2.24, 2.45) is 0 Å². The number of anilines is 2. The van der Waals surface area contributed by atoms with Crippen LogP contribution < -0.4 is 15.0 Å². The van der Waals surface area contributed by atoms with Gasteiger partial charge < -0.3 is 24.4 Å². The molecular formula is C31H34ClN5O3. The van der Waals surface area contributed by atoms with Crippen LogP contribution in [0.4, 0.5) is 11.4 Å². The zero-order chi connectivity index (χ0) is 27.6. The molecule has 2 aliphatic rings. The van der Waals surface area contributed by atoms with E-state index in [1.807, 2.05) is 48.5 Å². The van der Waals surface area contributed by atoms with Crippen LogP contribution in [0.25, 0.3) is 22.2 Å². The number of rotatable bonds is 10. The van der Waals surface area contributed by atoms with Crippen molar-refractivity contribution in [2.75, 3.05) is 76.7 Å². The maximum atomic E-state index is 13.7. The third kappa shape index (κ3) is 5.27. The fraction of sp³-hybridized carbons (Fsp3) is 0.355. The summed E-state index contributed by atoms with van der Waals surface area (Å²) in [4.78, 5) is 20.7. The Bertz CT molecular complexity index is 1510. The number of nitrogens with zero attached hydrogens (tertiary/aromatic N) is 4. The summed E-state index contributed by atoms with van der Waals surface area (Å²) in [6.45, 7) is 6.73. The fourth-order valence-corrected chi connectivity index (χ4v) is 5.70. The number of nitrogens with one attached hydrogen (secondary N) is 1. The van der Waals surface area contributed by atoms with Gasteiger partial charge >= 0.3 is 0 Å². The largest absolute Gasteiger partial charge is 0.492 e. The number of carbonyl (C=O) groups excluding carboxylic acids is 1. The van der Waals surface area contributed by atoms with Crippen LogP contribution in [0, 0.1) is 0 Å². The van der Waals surface area contributed by atoms with E-state index in [1.54, 1.807) is 0 Å². The van der Waals surface area contributed by atoms with Crippen molar-refractivity contribution in [3.05, 3.63) is 70.7 Å². The number of hydrogen-bond acceptors (Lipinski definition) is 8. The molecule has 8 nitrogen and oxygen atoms in total. The topological polar surface area (TPSA) is 74.1 Å². The third-order valence-corrected chi connectivity index (χ3v) is 7.93. The second kappa shape index (κ2) is 11.5. The second-order valence-corrected chi connectivity index (χ2v) is 11.1. The minimum Gasteiger partial charge on any atom is -0.492 e. The summed E-state index contributed by atoms with van der Waals surface area (Å²) in [5.74, 6) is 1.52. The zero-order valence-corrected chi connectivity index (χ0v) is 23.7. The van der Waals surface area contributed by atoms with Gasteiger partial charge in [-0.3, -0.25) is 9.69 Å². The van der Waals surface area contributed by atoms with E-state index in [1.165, 1.54) is 0 Å². The number of fused-ring (bicyclic) bond motifs is 2. The Morgan fingerprint density at radius 2 is 1.80 bits per heavy atom. The minimum atomic E-state index is 0.0171. The molecule has 0 spiro atoms. The van der Waals surface area contributed by atoms with Crippen molar-refractivity contribution >= 4 is 39.7 Å². The quantitative estimate of drug-likeness (QED) is 0.232. The number of benzene rings is 3. The molecule has 208 valence electrons. The first kappa shape index (κ1) is 26.6. The molecule has 1 aliphatic heterocycles. The molecule has 0 bridgehead atoms. The molecule has 2 heterocycles. The van der Waals surface area contributed by atoms with Crippen molar-refractivity contribution in [1.29, 1.82) is 0 Å². The molecule has 0 amide bonds. The summed E-state index contributed by atoms with van der Waals surface area (Å²) in [6.07, 6.45) is 0.970. The van der Waals surface area contributed by atoms with E-state index in [2.05, 4.69) is 45.3 Å². The van der Waals surface area contributed by atoms with Gasteiger partial charge in [0, 0.05) is 61.1 Å². The summed E-state index contributed by atoms with van der Waals surface area (Å²) in [7, 11) is 4.14. The molecule has 1 fully saturated rings. The van der Waals surface area contributed by atoms with Gasteiger partial charge in [0.1, 0.15) is 17.9 Å². The van der Waals surface area contributed by atoms with Gasteiger partial charge in [-0.05, 0) is 57.4 Å². The van der Waals surface area contributed by atoms with E-state index in [4.69, 9.17) is 20.9 Å². The molecule has 40 heavy (non-hydrogen) atoms. The number of carbonyl (C=O) groups is 1. The predicted octanol–water partition coefficient (Wildman–Crippen LogP) is 5.26. The molecule has 0 radical (unpaired) electrons. The van der Waals surface area contributed by atoms with Crippen LogP contribution in [-0.2, 0) is 0 Å². The summed E-state index contributed by atoms with van der Waals surface area (Å²) in [6, 6.07) is 17.2. The lowest BCUT2D eigenvalue weighted by molar-refractivity contribution is 0.104. The average Bonchev–Trinajstić information content (AvgIpc) is 3.41. The van der Waals surface area contributed by atoms with Crippen LogP contribution in [0.1, 0.15) is 22.3 Å². The Hall–Kier alpha value is -3.59. The number of hydrogen-bond donors (Lipinski definition) is 1.